The molecule has 0 bridgehead atoms. The van der Waals surface area contributed by atoms with Crippen LogP contribution in [-0.4, -0.2) is 72.4 Å². The first kappa shape index (κ1) is 17.4. The summed E-state index contributed by atoms with van der Waals surface area (Å²) >= 11 is 0. The number of nitrogens with two attached hydrogens (primary N) is 1. The van der Waals surface area contributed by atoms with E-state index in [2.05, 4.69) is 21.3 Å². The highest BCUT2D eigenvalue weighted by Crippen LogP contribution is 2.17. The predicted octanol–water partition coefficient (Wildman–Crippen LogP) is -0.0705. The van der Waals surface area contributed by atoms with Gasteiger partial charge in [0.2, 0.25) is 0 Å². The van der Waals surface area contributed by atoms with Crippen LogP contribution in [0.1, 0.15) is 5.56 Å². The molecule has 1 fully saturated rings. The third-order valence-electron chi connectivity index (χ3n) is 4.65. The van der Waals surface area contributed by atoms with Crippen molar-refractivity contribution in [2.45, 2.75) is 6.42 Å². The van der Waals surface area contributed by atoms with Crippen LogP contribution >= 0.6 is 0 Å². The number of nitrogens with zero attached hydrogens (tertiary/aromatic N) is 2. The average molecular weight is 343 g/mol. The quantitative estimate of drug-likeness (QED) is 0.663. The van der Waals surface area contributed by atoms with Crippen LogP contribution < -0.4 is 11.1 Å². The molecular weight excluding hydrogens is 318 g/mol. The molecule has 7 nitrogen and oxygen atoms in total. The van der Waals surface area contributed by atoms with Gasteiger partial charge >= 0.3 is 11.8 Å². The van der Waals surface area contributed by atoms with Crippen LogP contribution in [0.4, 0.5) is 0 Å². The van der Waals surface area contributed by atoms with Gasteiger partial charge in [-0.05, 0) is 18.1 Å². The van der Waals surface area contributed by atoms with Crippen molar-refractivity contribution in [2.24, 2.45) is 5.73 Å². The second kappa shape index (κ2) is 8.13. The summed E-state index contributed by atoms with van der Waals surface area (Å²) in [5, 5.41) is 3.89. The van der Waals surface area contributed by atoms with Gasteiger partial charge in [0.1, 0.15) is 0 Å². The number of aromatic amines is 1. The normalized spacial score (nSPS) is 15.5. The third-order valence-corrected chi connectivity index (χ3v) is 4.65. The van der Waals surface area contributed by atoms with E-state index in [0.717, 1.165) is 36.1 Å². The van der Waals surface area contributed by atoms with Gasteiger partial charge in [-0.15, -0.1) is 0 Å². The minimum atomic E-state index is -0.521. The molecule has 1 aromatic heterocycles. The van der Waals surface area contributed by atoms with Crippen LogP contribution in [0.25, 0.3) is 10.9 Å². The molecule has 0 saturated carbocycles. The van der Waals surface area contributed by atoms with Gasteiger partial charge in [0.25, 0.3) is 0 Å². The van der Waals surface area contributed by atoms with E-state index in [1.165, 1.54) is 0 Å². The zero-order chi connectivity index (χ0) is 17.6. The van der Waals surface area contributed by atoms with Crippen LogP contribution in [0.3, 0.4) is 0 Å². The van der Waals surface area contributed by atoms with Crippen molar-refractivity contribution in [3.63, 3.8) is 0 Å². The lowest BCUT2D eigenvalue weighted by Gasteiger charge is -2.34. The SMILES string of the molecule is NCCN1CCN(C(=O)C(=O)NCCc2c[nH]c3ccccc23)CC1. The monoisotopic (exact) mass is 343 g/mol. The molecule has 7 heteroatoms. The lowest BCUT2D eigenvalue weighted by molar-refractivity contribution is -0.146. The molecule has 0 spiro atoms. The van der Waals surface area contributed by atoms with Crippen LogP contribution in [-0.2, 0) is 16.0 Å². The highest BCUT2D eigenvalue weighted by atomic mass is 16.2. The Morgan fingerprint density at radius 3 is 2.68 bits per heavy atom. The number of hydrogen-bond donors (Lipinski definition) is 3. The van der Waals surface area contributed by atoms with Gasteiger partial charge in [0, 0.05) is 62.9 Å². The molecule has 3 rings (SSSR count). The molecule has 134 valence electrons. The fraction of sp³-hybridized carbons (Fsp3) is 0.444. The second-order valence-corrected chi connectivity index (χ2v) is 6.29. The number of carbonyl (C=O) groups excluding carboxylic acids is 2. The Balaban J connectivity index is 1.45. The first-order chi connectivity index (χ1) is 12.2. The Kier molecular flexibility index (Phi) is 5.67. The van der Waals surface area contributed by atoms with Gasteiger partial charge in [-0.25, -0.2) is 0 Å². The van der Waals surface area contributed by atoms with Crippen molar-refractivity contribution in [1.82, 2.24) is 20.1 Å². The van der Waals surface area contributed by atoms with E-state index in [4.69, 9.17) is 5.73 Å². The summed E-state index contributed by atoms with van der Waals surface area (Å²) in [5.74, 6) is -0.960. The summed E-state index contributed by atoms with van der Waals surface area (Å²) in [6.45, 7) is 4.58. The molecule has 2 aromatic rings. The third kappa shape index (κ3) is 4.18. The first-order valence-electron chi connectivity index (χ1n) is 8.73. The number of benzene rings is 1. The van der Waals surface area contributed by atoms with Crippen molar-refractivity contribution in [2.75, 3.05) is 45.8 Å². The highest BCUT2D eigenvalue weighted by molar-refractivity contribution is 6.35. The van der Waals surface area contributed by atoms with Gasteiger partial charge in [-0.1, -0.05) is 18.2 Å². The molecule has 2 amide bonds. The number of amides is 2. The molecular formula is C18H25N5O2. The molecule has 1 aromatic carbocycles. The first-order valence-corrected chi connectivity index (χ1v) is 8.73. The van der Waals surface area contributed by atoms with E-state index in [1.54, 1.807) is 4.90 Å². The Morgan fingerprint density at radius 1 is 1.16 bits per heavy atom. The molecule has 25 heavy (non-hydrogen) atoms. The molecule has 2 heterocycles. The van der Waals surface area contributed by atoms with Crippen LogP contribution in [0, 0.1) is 0 Å². The number of piperazine rings is 1. The predicted molar refractivity (Wildman–Crippen MR) is 97.1 cm³/mol. The van der Waals surface area contributed by atoms with E-state index in [1.807, 2.05) is 24.4 Å². The summed E-state index contributed by atoms with van der Waals surface area (Å²) in [5.41, 5.74) is 7.76. The molecule has 0 radical (unpaired) electrons. The number of aromatic nitrogens is 1. The topological polar surface area (TPSA) is 94.5 Å². The van der Waals surface area contributed by atoms with Crippen molar-refractivity contribution >= 4 is 22.7 Å². The van der Waals surface area contributed by atoms with E-state index in [9.17, 15) is 9.59 Å². The van der Waals surface area contributed by atoms with Gasteiger partial charge in [0.15, 0.2) is 0 Å². The van der Waals surface area contributed by atoms with Crippen LogP contribution in [0.2, 0.25) is 0 Å². The lowest BCUT2D eigenvalue weighted by Crippen LogP contribution is -2.53. The van der Waals surface area contributed by atoms with Crippen molar-refractivity contribution < 1.29 is 9.59 Å². The molecule has 1 saturated heterocycles. The minimum absolute atomic E-state index is 0.439. The zero-order valence-corrected chi connectivity index (χ0v) is 14.3. The number of hydrogen-bond acceptors (Lipinski definition) is 4. The van der Waals surface area contributed by atoms with Gasteiger partial charge in [-0.3, -0.25) is 14.5 Å². The molecule has 1 aliphatic rings. The van der Waals surface area contributed by atoms with E-state index in [-0.39, 0.29) is 0 Å². The van der Waals surface area contributed by atoms with Gasteiger partial charge in [0.05, 0.1) is 0 Å². The maximum absolute atomic E-state index is 12.2. The van der Waals surface area contributed by atoms with E-state index < -0.39 is 11.8 Å². The average Bonchev–Trinajstić information content (AvgIpc) is 3.05. The Hall–Kier alpha value is -2.38. The number of para-hydroxylation sites is 1. The van der Waals surface area contributed by atoms with Crippen molar-refractivity contribution in [1.29, 1.82) is 0 Å². The summed E-state index contributed by atoms with van der Waals surface area (Å²) in [4.78, 5) is 31.4. The van der Waals surface area contributed by atoms with E-state index >= 15 is 0 Å². The Bertz CT molecular complexity index is 734. The smallest absolute Gasteiger partial charge is 0.311 e. The highest BCUT2D eigenvalue weighted by Gasteiger charge is 2.25. The molecule has 0 atom stereocenters. The summed E-state index contributed by atoms with van der Waals surface area (Å²) in [6, 6.07) is 8.04. The summed E-state index contributed by atoms with van der Waals surface area (Å²) in [7, 11) is 0. The number of carbonyl (C=O) groups is 2. The minimum Gasteiger partial charge on any atom is -0.361 e. The summed E-state index contributed by atoms with van der Waals surface area (Å²) < 4.78 is 0. The Labute approximate surface area is 147 Å². The number of nitrogens with one attached hydrogen (secondary N) is 2. The second-order valence-electron chi connectivity index (χ2n) is 6.29. The van der Waals surface area contributed by atoms with Crippen LogP contribution in [0.5, 0.6) is 0 Å². The number of H-pyrrole nitrogens is 1. The fourth-order valence-electron chi connectivity index (χ4n) is 3.23. The number of fused-ring (bicyclic) bond motifs is 1. The fourth-order valence-corrected chi connectivity index (χ4v) is 3.23. The Morgan fingerprint density at radius 2 is 1.92 bits per heavy atom. The molecule has 0 unspecified atom stereocenters. The molecule has 1 aliphatic heterocycles. The zero-order valence-electron chi connectivity index (χ0n) is 14.3. The van der Waals surface area contributed by atoms with Gasteiger partial charge < -0.3 is 20.9 Å². The largest absolute Gasteiger partial charge is 0.361 e. The van der Waals surface area contributed by atoms with Gasteiger partial charge in [-0.2, -0.15) is 0 Å². The lowest BCUT2D eigenvalue weighted by atomic mass is 10.1. The standard InChI is InChI=1S/C18H25N5O2/c19-6-8-22-9-11-23(12-10-22)18(25)17(24)20-7-5-14-13-21-16-4-2-1-3-15(14)16/h1-4,13,21H,5-12,19H2,(H,20,24). The molecule has 4 N–H and O–H groups in total. The number of rotatable bonds is 5. The van der Waals surface area contributed by atoms with E-state index in [0.29, 0.717) is 32.6 Å². The summed E-state index contributed by atoms with van der Waals surface area (Å²) in [6.07, 6.45) is 2.64. The maximum atomic E-state index is 12.2. The molecule has 0 aliphatic carbocycles. The van der Waals surface area contributed by atoms with Crippen molar-refractivity contribution in [3.8, 4) is 0 Å². The van der Waals surface area contributed by atoms with Crippen molar-refractivity contribution in [3.05, 3.63) is 36.0 Å². The van der Waals surface area contributed by atoms with Crippen LogP contribution in [0.15, 0.2) is 30.5 Å². The maximum Gasteiger partial charge on any atom is 0.311 e.